The van der Waals surface area contributed by atoms with E-state index in [1.807, 2.05) is 12.1 Å². The second kappa shape index (κ2) is 5.89. The summed E-state index contributed by atoms with van der Waals surface area (Å²) in [5.41, 5.74) is 10.9. The zero-order valence-corrected chi connectivity index (χ0v) is 8.98. The van der Waals surface area contributed by atoms with E-state index in [9.17, 15) is 0 Å². The molecule has 0 aliphatic carbocycles. The van der Waals surface area contributed by atoms with Crippen LogP contribution in [-0.2, 0) is 6.42 Å². The minimum atomic E-state index is 0.472. The quantitative estimate of drug-likeness (QED) is 0.387. The topological polar surface area (TPSA) is 48.8 Å². The molecule has 0 heterocycles. The minimum absolute atomic E-state index is 0.472. The molecule has 1 rings (SSSR count). The van der Waals surface area contributed by atoms with E-state index >= 15 is 0 Å². The highest BCUT2D eigenvalue weighted by Crippen LogP contribution is 2.15. The van der Waals surface area contributed by atoms with Gasteiger partial charge in [0.15, 0.2) is 0 Å². The normalized spacial score (nSPS) is 9.40. The summed E-state index contributed by atoms with van der Waals surface area (Å²) in [6.45, 7) is 5.86. The summed E-state index contributed by atoms with van der Waals surface area (Å²) >= 11 is 0. The molecule has 15 heavy (non-hydrogen) atoms. The number of rotatable bonds is 5. The van der Waals surface area contributed by atoms with Crippen LogP contribution < -0.4 is 0 Å². The predicted octanol–water partition coefficient (Wildman–Crippen LogP) is 4.31. The van der Waals surface area contributed by atoms with Crippen molar-refractivity contribution in [3.63, 3.8) is 0 Å². The van der Waals surface area contributed by atoms with Gasteiger partial charge in [-0.25, -0.2) is 0 Å². The Bertz CT molecular complexity index is 372. The molecule has 0 aromatic heterocycles. The van der Waals surface area contributed by atoms with E-state index in [1.165, 1.54) is 18.4 Å². The van der Waals surface area contributed by atoms with Gasteiger partial charge in [-0.05, 0) is 29.5 Å². The summed E-state index contributed by atoms with van der Waals surface area (Å²) in [4.78, 5) is 2.71. The van der Waals surface area contributed by atoms with Crippen molar-refractivity contribution in [3.8, 4) is 0 Å². The first-order valence-electron chi connectivity index (χ1n) is 5.11. The van der Waals surface area contributed by atoms with E-state index < -0.39 is 0 Å². The Balaban J connectivity index is 2.71. The number of aryl methyl sites for hydroxylation is 1. The molecule has 0 aliphatic rings. The summed E-state index contributed by atoms with van der Waals surface area (Å²) < 4.78 is 0. The molecule has 0 N–H and O–H groups in total. The van der Waals surface area contributed by atoms with Gasteiger partial charge < -0.3 is 0 Å². The van der Waals surface area contributed by atoms with Gasteiger partial charge in [0, 0.05) is 10.6 Å². The Morgan fingerprint density at radius 3 is 2.60 bits per heavy atom. The number of nitrogens with zero attached hydrogens (tertiary/aromatic N) is 3. The van der Waals surface area contributed by atoms with E-state index in [0.717, 1.165) is 12.0 Å². The fraction of sp³-hybridized carbons (Fsp3) is 0.333. The van der Waals surface area contributed by atoms with Gasteiger partial charge in [0.05, 0.1) is 0 Å². The molecule has 0 radical (unpaired) electrons. The van der Waals surface area contributed by atoms with Gasteiger partial charge in [-0.2, -0.15) is 0 Å². The standard InChI is InChI=1S/C12H15N3/c1-3-4-5-11-6-8-12(9-7-11)10(2)14-15-13/h6-9H,2-5H2,1H3. The summed E-state index contributed by atoms with van der Waals surface area (Å²) in [7, 11) is 0. The van der Waals surface area contributed by atoms with Crippen LogP contribution in [-0.4, -0.2) is 0 Å². The molecule has 0 bridgehead atoms. The van der Waals surface area contributed by atoms with Gasteiger partial charge >= 0.3 is 0 Å². The number of hydrogen-bond acceptors (Lipinski definition) is 1. The third-order valence-corrected chi connectivity index (χ3v) is 2.27. The Morgan fingerprint density at radius 1 is 1.40 bits per heavy atom. The number of unbranched alkanes of at least 4 members (excludes halogenated alkanes) is 1. The molecule has 0 unspecified atom stereocenters. The van der Waals surface area contributed by atoms with Crippen LogP contribution in [0.25, 0.3) is 16.1 Å². The van der Waals surface area contributed by atoms with Crippen LogP contribution in [0.15, 0.2) is 36.0 Å². The second-order valence-corrected chi connectivity index (χ2v) is 3.44. The highest BCUT2D eigenvalue weighted by molar-refractivity contribution is 5.62. The highest BCUT2D eigenvalue weighted by atomic mass is 15.1. The van der Waals surface area contributed by atoms with Gasteiger partial charge in [0.25, 0.3) is 0 Å². The summed E-state index contributed by atoms with van der Waals surface area (Å²) in [5.74, 6) is 0. The lowest BCUT2D eigenvalue weighted by Gasteiger charge is -2.02. The SMILES string of the molecule is C=C(N=[N+]=[N-])c1ccc(CCCC)cc1. The Morgan fingerprint density at radius 2 is 2.07 bits per heavy atom. The molecule has 3 heteroatoms. The Hall–Kier alpha value is -1.73. The molecule has 0 amide bonds. The Labute approximate surface area is 90.1 Å². The molecule has 1 aromatic rings. The van der Waals surface area contributed by atoms with Crippen molar-refractivity contribution < 1.29 is 0 Å². The van der Waals surface area contributed by atoms with Crippen molar-refractivity contribution in [1.82, 2.24) is 0 Å². The molecule has 0 saturated heterocycles. The van der Waals surface area contributed by atoms with E-state index in [4.69, 9.17) is 5.53 Å². The third-order valence-electron chi connectivity index (χ3n) is 2.27. The first kappa shape index (κ1) is 11.3. The molecular weight excluding hydrogens is 186 g/mol. The number of benzene rings is 1. The molecule has 0 spiro atoms. The van der Waals surface area contributed by atoms with Crippen molar-refractivity contribution >= 4 is 5.70 Å². The van der Waals surface area contributed by atoms with Crippen molar-refractivity contribution in [2.75, 3.05) is 0 Å². The van der Waals surface area contributed by atoms with Crippen molar-refractivity contribution in [3.05, 3.63) is 52.4 Å². The summed E-state index contributed by atoms with van der Waals surface area (Å²) in [5, 5.41) is 3.47. The lowest BCUT2D eigenvalue weighted by molar-refractivity contribution is 0.795. The molecule has 78 valence electrons. The maximum atomic E-state index is 8.27. The van der Waals surface area contributed by atoms with Gasteiger partial charge in [0.2, 0.25) is 0 Å². The van der Waals surface area contributed by atoms with Crippen molar-refractivity contribution in [1.29, 1.82) is 0 Å². The van der Waals surface area contributed by atoms with Crippen LogP contribution in [0.5, 0.6) is 0 Å². The van der Waals surface area contributed by atoms with Crippen LogP contribution in [0.4, 0.5) is 0 Å². The minimum Gasteiger partial charge on any atom is -0.0889 e. The molecule has 0 saturated carbocycles. The van der Waals surface area contributed by atoms with Crippen molar-refractivity contribution in [2.24, 2.45) is 5.11 Å². The fourth-order valence-electron chi connectivity index (χ4n) is 1.36. The van der Waals surface area contributed by atoms with Crippen LogP contribution in [0.1, 0.15) is 30.9 Å². The van der Waals surface area contributed by atoms with Gasteiger partial charge in [-0.3, -0.25) is 0 Å². The average molecular weight is 201 g/mol. The maximum absolute atomic E-state index is 8.27. The molecule has 0 atom stereocenters. The van der Waals surface area contributed by atoms with Crippen LogP contribution in [0.3, 0.4) is 0 Å². The number of hydrogen-bond donors (Lipinski definition) is 0. The summed E-state index contributed by atoms with van der Waals surface area (Å²) in [6, 6.07) is 8.01. The first-order chi connectivity index (χ1) is 7.27. The number of azide groups is 1. The Kier molecular flexibility index (Phi) is 4.45. The van der Waals surface area contributed by atoms with Crippen LogP contribution in [0.2, 0.25) is 0 Å². The monoisotopic (exact) mass is 201 g/mol. The van der Waals surface area contributed by atoms with E-state index in [2.05, 4.69) is 35.7 Å². The molecular formula is C12H15N3. The third kappa shape index (κ3) is 3.49. The smallest absolute Gasteiger partial charge is 0.0375 e. The van der Waals surface area contributed by atoms with Crippen LogP contribution >= 0.6 is 0 Å². The zero-order valence-electron chi connectivity index (χ0n) is 8.98. The largest absolute Gasteiger partial charge is 0.0889 e. The van der Waals surface area contributed by atoms with E-state index in [0.29, 0.717) is 5.70 Å². The van der Waals surface area contributed by atoms with Crippen molar-refractivity contribution in [2.45, 2.75) is 26.2 Å². The molecule has 3 nitrogen and oxygen atoms in total. The molecule has 0 fully saturated rings. The zero-order chi connectivity index (χ0) is 11.1. The van der Waals surface area contributed by atoms with Gasteiger partial charge in [0.1, 0.15) is 0 Å². The second-order valence-electron chi connectivity index (χ2n) is 3.44. The lowest BCUT2D eigenvalue weighted by atomic mass is 10.1. The van der Waals surface area contributed by atoms with E-state index in [-0.39, 0.29) is 0 Å². The van der Waals surface area contributed by atoms with Gasteiger partial charge in [-0.15, -0.1) is 0 Å². The lowest BCUT2D eigenvalue weighted by Crippen LogP contribution is -1.85. The van der Waals surface area contributed by atoms with Crippen LogP contribution in [0, 0.1) is 0 Å². The van der Waals surface area contributed by atoms with Gasteiger partial charge in [-0.1, -0.05) is 49.3 Å². The van der Waals surface area contributed by atoms with E-state index in [1.54, 1.807) is 0 Å². The summed E-state index contributed by atoms with van der Waals surface area (Å²) in [6.07, 6.45) is 3.51. The average Bonchev–Trinajstić information content (AvgIpc) is 2.27. The molecule has 1 aromatic carbocycles. The predicted molar refractivity (Wildman–Crippen MR) is 63.2 cm³/mol. The fourth-order valence-corrected chi connectivity index (χ4v) is 1.36. The highest BCUT2D eigenvalue weighted by Gasteiger charge is 1.96. The first-order valence-corrected chi connectivity index (χ1v) is 5.11. The maximum Gasteiger partial charge on any atom is 0.0375 e. The molecule has 0 aliphatic heterocycles.